The van der Waals surface area contributed by atoms with Gasteiger partial charge in [-0.3, -0.25) is 4.90 Å². The van der Waals surface area contributed by atoms with Gasteiger partial charge in [0.2, 0.25) is 0 Å². The molecule has 5 rings (SSSR count). The van der Waals surface area contributed by atoms with Crippen LogP contribution in [0, 0.1) is 11.7 Å². The van der Waals surface area contributed by atoms with E-state index in [1.165, 1.54) is 28.7 Å². The van der Waals surface area contributed by atoms with E-state index in [-0.39, 0.29) is 12.4 Å². The Morgan fingerprint density at radius 2 is 1.55 bits per heavy atom. The summed E-state index contributed by atoms with van der Waals surface area (Å²) >= 11 is 0. The van der Waals surface area contributed by atoms with E-state index in [2.05, 4.69) is 34.1 Å². The van der Waals surface area contributed by atoms with Crippen LogP contribution in [0.2, 0.25) is 0 Å². The van der Waals surface area contributed by atoms with Gasteiger partial charge in [-0.15, -0.1) is 0 Å². The second kappa shape index (κ2) is 8.17. The first-order chi connectivity index (χ1) is 14.2. The number of piperazine rings is 1. The summed E-state index contributed by atoms with van der Waals surface area (Å²) in [6.45, 7) is 6.48. The lowest BCUT2D eigenvalue weighted by atomic mass is 9.84. The summed E-state index contributed by atoms with van der Waals surface area (Å²) in [6, 6.07) is 14.3. The highest BCUT2D eigenvalue weighted by Gasteiger charge is 2.40. The SMILES string of the molecule is OCCN1CCN(C[C@H]2C[C@@H]3c4ccccc4Cc4ccc(F)cc4[C@H]3C2)CC1. The molecular weight excluding hydrogens is 363 g/mol. The zero-order valence-corrected chi connectivity index (χ0v) is 17.1. The lowest BCUT2D eigenvalue weighted by molar-refractivity contribution is 0.102. The molecule has 2 aromatic rings. The average Bonchev–Trinajstić information content (AvgIpc) is 3.10. The van der Waals surface area contributed by atoms with Crippen molar-refractivity contribution in [2.45, 2.75) is 31.1 Å². The molecule has 3 atom stereocenters. The molecule has 1 heterocycles. The van der Waals surface area contributed by atoms with E-state index in [4.69, 9.17) is 5.11 Å². The van der Waals surface area contributed by atoms with Gasteiger partial charge in [0.1, 0.15) is 5.82 Å². The first-order valence-electron chi connectivity index (χ1n) is 11.1. The molecule has 154 valence electrons. The maximum atomic E-state index is 14.2. The van der Waals surface area contributed by atoms with Crippen LogP contribution in [0.1, 0.15) is 46.9 Å². The van der Waals surface area contributed by atoms with E-state index < -0.39 is 0 Å². The van der Waals surface area contributed by atoms with Crippen molar-refractivity contribution in [2.75, 3.05) is 45.9 Å². The van der Waals surface area contributed by atoms with Crippen LogP contribution >= 0.6 is 0 Å². The topological polar surface area (TPSA) is 26.7 Å². The minimum absolute atomic E-state index is 0.100. The molecule has 29 heavy (non-hydrogen) atoms. The summed E-state index contributed by atoms with van der Waals surface area (Å²) in [5.41, 5.74) is 5.47. The van der Waals surface area contributed by atoms with Gasteiger partial charge in [0.15, 0.2) is 0 Å². The highest BCUT2D eigenvalue weighted by molar-refractivity contribution is 5.46. The van der Waals surface area contributed by atoms with Crippen molar-refractivity contribution in [2.24, 2.45) is 5.92 Å². The van der Waals surface area contributed by atoms with E-state index in [0.29, 0.717) is 17.8 Å². The Hall–Kier alpha value is -1.75. The zero-order chi connectivity index (χ0) is 19.8. The first kappa shape index (κ1) is 19.2. The standard InChI is InChI=1S/C25H31FN2O/c26-21-6-5-20-15-19-3-1-2-4-22(19)24-13-18(14-25(24)23(20)16-21)17-28-9-7-27(8-10-28)11-12-29/h1-6,16,18,24-25,29H,7-15,17H2/t18-,24+,25+/m0/s1. The fourth-order valence-electron chi connectivity index (χ4n) is 6.02. The molecule has 1 saturated heterocycles. The van der Waals surface area contributed by atoms with Gasteiger partial charge in [0.05, 0.1) is 6.61 Å². The average molecular weight is 395 g/mol. The summed E-state index contributed by atoms with van der Waals surface area (Å²) in [5.74, 6) is 1.51. The third-order valence-electron chi connectivity index (χ3n) is 7.40. The Kier molecular flexibility index (Phi) is 5.42. The van der Waals surface area contributed by atoms with Gasteiger partial charge in [0, 0.05) is 39.3 Å². The molecule has 2 fully saturated rings. The van der Waals surface area contributed by atoms with Crippen LogP contribution in [-0.2, 0) is 6.42 Å². The highest BCUT2D eigenvalue weighted by Crippen LogP contribution is 2.52. The molecule has 0 spiro atoms. The normalized spacial score (nSPS) is 27.2. The number of halogens is 1. The Morgan fingerprint density at radius 1 is 0.862 bits per heavy atom. The van der Waals surface area contributed by atoms with Crippen molar-refractivity contribution in [3.8, 4) is 0 Å². The zero-order valence-electron chi connectivity index (χ0n) is 17.1. The number of aliphatic hydroxyl groups is 1. The van der Waals surface area contributed by atoms with E-state index in [9.17, 15) is 4.39 Å². The van der Waals surface area contributed by atoms with Crippen LogP contribution in [0.5, 0.6) is 0 Å². The maximum absolute atomic E-state index is 14.2. The quantitative estimate of drug-likeness (QED) is 0.858. The van der Waals surface area contributed by atoms with Gasteiger partial charge in [-0.1, -0.05) is 30.3 Å². The molecule has 1 saturated carbocycles. The predicted molar refractivity (Wildman–Crippen MR) is 114 cm³/mol. The van der Waals surface area contributed by atoms with Gasteiger partial charge in [0.25, 0.3) is 0 Å². The molecule has 0 amide bonds. The van der Waals surface area contributed by atoms with Crippen molar-refractivity contribution >= 4 is 0 Å². The molecule has 0 unspecified atom stereocenters. The number of benzene rings is 2. The van der Waals surface area contributed by atoms with Crippen LogP contribution < -0.4 is 0 Å². The smallest absolute Gasteiger partial charge is 0.123 e. The third-order valence-corrected chi connectivity index (χ3v) is 7.40. The fraction of sp³-hybridized carbons (Fsp3) is 0.520. The second-order valence-electron chi connectivity index (χ2n) is 9.13. The summed E-state index contributed by atoms with van der Waals surface area (Å²) < 4.78 is 14.2. The Balaban J connectivity index is 1.36. The van der Waals surface area contributed by atoms with Crippen LogP contribution in [0.3, 0.4) is 0 Å². The molecule has 2 aromatic carbocycles. The lowest BCUT2D eigenvalue weighted by Crippen LogP contribution is -2.48. The van der Waals surface area contributed by atoms with Gasteiger partial charge in [-0.25, -0.2) is 4.39 Å². The molecule has 2 aliphatic carbocycles. The largest absolute Gasteiger partial charge is 0.395 e. The van der Waals surface area contributed by atoms with Crippen molar-refractivity contribution in [1.82, 2.24) is 9.80 Å². The predicted octanol–water partition coefficient (Wildman–Crippen LogP) is 3.62. The van der Waals surface area contributed by atoms with Crippen LogP contribution in [0.15, 0.2) is 42.5 Å². The van der Waals surface area contributed by atoms with Gasteiger partial charge in [-0.05, 0) is 71.4 Å². The highest BCUT2D eigenvalue weighted by atomic mass is 19.1. The number of aliphatic hydroxyl groups excluding tert-OH is 1. The van der Waals surface area contributed by atoms with Crippen molar-refractivity contribution in [3.63, 3.8) is 0 Å². The fourth-order valence-corrected chi connectivity index (χ4v) is 6.02. The number of hydrogen-bond acceptors (Lipinski definition) is 3. The number of fused-ring (bicyclic) bond motifs is 5. The first-order valence-corrected chi connectivity index (χ1v) is 11.1. The number of nitrogens with zero attached hydrogens (tertiary/aromatic N) is 2. The number of β-amino-alcohol motifs (C(OH)–C–C–N with tert-alkyl or cyclic N) is 1. The Bertz CT molecular complexity index is 862. The van der Waals surface area contributed by atoms with Crippen LogP contribution in [0.4, 0.5) is 4.39 Å². The molecule has 1 aliphatic heterocycles. The molecule has 0 bridgehead atoms. The summed E-state index contributed by atoms with van der Waals surface area (Å²) in [6.07, 6.45) is 3.29. The minimum Gasteiger partial charge on any atom is -0.395 e. The monoisotopic (exact) mass is 394 g/mol. The second-order valence-corrected chi connectivity index (χ2v) is 9.13. The van der Waals surface area contributed by atoms with Crippen molar-refractivity contribution in [1.29, 1.82) is 0 Å². The summed E-state index contributed by atoms with van der Waals surface area (Å²) in [7, 11) is 0. The number of hydrogen-bond donors (Lipinski definition) is 1. The Labute approximate surface area is 173 Å². The van der Waals surface area contributed by atoms with E-state index in [1.54, 1.807) is 6.07 Å². The summed E-state index contributed by atoms with van der Waals surface area (Å²) in [5, 5.41) is 9.15. The van der Waals surface area contributed by atoms with E-state index >= 15 is 0 Å². The number of rotatable bonds is 4. The van der Waals surface area contributed by atoms with Gasteiger partial charge < -0.3 is 10.0 Å². The maximum Gasteiger partial charge on any atom is 0.123 e. The third kappa shape index (κ3) is 3.86. The molecule has 3 nitrogen and oxygen atoms in total. The van der Waals surface area contributed by atoms with Gasteiger partial charge in [-0.2, -0.15) is 0 Å². The van der Waals surface area contributed by atoms with Crippen LogP contribution in [-0.4, -0.2) is 60.8 Å². The molecule has 0 radical (unpaired) electrons. The minimum atomic E-state index is -0.100. The van der Waals surface area contributed by atoms with Crippen LogP contribution in [0.25, 0.3) is 0 Å². The van der Waals surface area contributed by atoms with Gasteiger partial charge >= 0.3 is 0 Å². The molecule has 4 heteroatoms. The molecule has 3 aliphatic rings. The lowest BCUT2D eigenvalue weighted by Gasteiger charge is -2.35. The molecule has 1 N–H and O–H groups in total. The molecular formula is C25H31FN2O. The molecule has 0 aromatic heterocycles. The van der Waals surface area contributed by atoms with E-state index in [1.807, 2.05) is 12.1 Å². The summed E-state index contributed by atoms with van der Waals surface area (Å²) in [4.78, 5) is 4.95. The van der Waals surface area contributed by atoms with Crippen molar-refractivity contribution in [3.05, 3.63) is 70.5 Å². The van der Waals surface area contributed by atoms with E-state index in [0.717, 1.165) is 52.1 Å². The Morgan fingerprint density at radius 3 is 2.34 bits per heavy atom. The van der Waals surface area contributed by atoms with Crippen molar-refractivity contribution < 1.29 is 9.50 Å².